The van der Waals surface area contributed by atoms with Crippen molar-refractivity contribution >= 4 is 47.4 Å². The molecular weight excluding hydrogens is 425 g/mol. The Bertz CT molecular complexity index is 415. The maximum absolute atomic E-state index is 14.2. The monoisotopic (exact) mass is 448 g/mol. The second kappa shape index (κ2) is 11.0. The number of nitrogens with one attached hydrogen (secondary N) is 1. The molecule has 2 rings (SSSR count). The van der Waals surface area contributed by atoms with Crippen LogP contribution in [0.2, 0.25) is 0 Å². The summed E-state index contributed by atoms with van der Waals surface area (Å²) >= 11 is 2.27. The van der Waals surface area contributed by atoms with E-state index in [1.807, 2.05) is 12.1 Å². The highest BCUT2D eigenvalue weighted by Crippen LogP contribution is 2.29. The summed E-state index contributed by atoms with van der Waals surface area (Å²) < 4.78 is 15.3. The zero-order valence-corrected chi connectivity index (χ0v) is 16.1. The fraction of sp³-hybridized carbons (Fsp3) is 0.600. The van der Waals surface area contributed by atoms with E-state index in [2.05, 4.69) is 39.7 Å². The number of hydrogen-bond donors (Lipinski definition) is 1. The molecule has 0 radical (unpaired) electrons. The molecule has 1 aliphatic rings. The first-order valence-electron chi connectivity index (χ1n) is 7.12. The molecule has 1 fully saturated rings. The van der Waals surface area contributed by atoms with Crippen LogP contribution in [0.15, 0.2) is 18.2 Å². The molecule has 122 valence electrons. The van der Waals surface area contributed by atoms with Crippen molar-refractivity contribution in [3.05, 3.63) is 33.1 Å². The smallest absolute Gasteiger partial charge is 0.128 e. The number of benzene rings is 1. The van der Waals surface area contributed by atoms with Crippen LogP contribution in [-0.2, 0) is 0 Å². The molecule has 1 aromatic rings. The third-order valence-electron chi connectivity index (χ3n) is 3.74. The predicted octanol–water partition coefficient (Wildman–Crippen LogP) is 4.41. The summed E-state index contributed by atoms with van der Waals surface area (Å²) in [4.78, 5) is 2.43. The van der Waals surface area contributed by atoms with E-state index in [1.54, 1.807) is 6.07 Å². The molecule has 0 bridgehead atoms. The Morgan fingerprint density at radius 3 is 2.57 bits per heavy atom. The predicted molar refractivity (Wildman–Crippen MR) is 100 cm³/mol. The Hall–Kier alpha value is 0.380. The Morgan fingerprint density at radius 2 is 1.95 bits per heavy atom. The molecule has 1 aliphatic heterocycles. The average Bonchev–Trinajstić information content (AvgIpc) is 2.44. The molecule has 0 aliphatic carbocycles. The lowest BCUT2D eigenvalue weighted by atomic mass is 9.98. The fourth-order valence-electron chi connectivity index (χ4n) is 2.70. The van der Waals surface area contributed by atoms with Crippen molar-refractivity contribution < 1.29 is 4.39 Å². The highest BCUT2D eigenvalue weighted by atomic mass is 127. The third kappa shape index (κ3) is 6.18. The van der Waals surface area contributed by atoms with Crippen LogP contribution in [0, 0.1) is 9.39 Å². The van der Waals surface area contributed by atoms with Crippen molar-refractivity contribution in [2.75, 3.05) is 26.2 Å². The topological polar surface area (TPSA) is 15.3 Å². The van der Waals surface area contributed by atoms with E-state index < -0.39 is 0 Å². The molecule has 1 N–H and O–H groups in total. The number of unbranched alkanes of at least 4 members (excludes halogenated alkanes) is 1. The van der Waals surface area contributed by atoms with Crippen molar-refractivity contribution in [1.29, 1.82) is 0 Å². The van der Waals surface area contributed by atoms with Gasteiger partial charge in [-0.05, 0) is 47.2 Å². The van der Waals surface area contributed by atoms with E-state index in [0.29, 0.717) is 0 Å². The van der Waals surface area contributed by atoms with Crippen molar-refractivity contribution in [2.45, 2.75) is 32.2 Å². The number of halogens is 4. The molecule has 1 saturated heterocycles. The molecule has 1 heterocycles. The molecule has 0 amide bonds. The Kier molecular flexibility index (Phi) is 11.2. The molecule has 6 heteroatoms. The van der Waals surface area contributed by atoms with Crippen LogP contribution < -0.4 is 5.32 Å². The average molecular weight is 449 g/mol. The lowest BCUT2D eigenvalue weighted by Gasteiger charge is -2.35. The van der Waals surface area contributed by atoms with Gasteiger partial charge in [0.15, 0.2) is 0 Å². The van der Waals surface area contributed by atoms with E-state index in [-0.39, 0.29) is 36.7 Å². The number of nitrogens with zero attached hydrogens (tertiary/aromatic N) is 1. The summed E-state index contributed by atoms with van der Waals surface area (Å²) in [6.45, 7) is 6.24. The molecule has 1 aromatic carbocycles. The van der Waals surface area contributed by atoms with E-state index in [4.69, 9.17) is 0 Å². The largest absolute Gasteiger partial charge is 0.314 e. The summed E-state index contributed by atoms with van der Waals surface area (Å²) in [7, 11) is 0. The quantitative estimate of drug-likeness (QED) is 0.671. The first-order valence-corrected chi connectivity index (χ1v) is 8.20. The van der Waals surface area contributed by atoms with Gasteiger partial charge in [0.05, 0.1) is 0 Å². The molecule has 1 atom stereocenters. The molecule has 0 unspecified atom stereocenters. The van der Waals surface area contributed by atoms with Crippen LogP contribution in [-0.4, -0.2) is 31.1 Å². The fourth-order valence-corrected chi connectivity index (χ4v) is 3.21. The highest BCUT2D eigenvalue weighted by molar-refractivity contribution is 14.1. The molecule has 21 heavy (non-hydrogen) atoms. The van der Waals surface area contributed by atoms with E-state index >= 15 is 0 Å². The number of piperazine rings is 1. The van der Waals surface area contributed by atoms with Crippen LogP contribution in [0.4, 0.5) is 4.39 Å². The zero-order valence-electron chi connectivity index (χ0n) is 12.3. The molecule has 0 aromatic heterocycles. The van der Waals surface area contributed by atoms with Gasteiger partial charge in [-0.15, -0.1) is 24.8 Å². The zero-order chi connectivity index (χ0) is 13.7. The minimum Gasteiger partial charge on any atom is -0.314 e. The van der Waals surface area contributed by atoms with Gasteiger partial charge in [-0.3, -0.25) is 4.90 Å². The number of hydrogen-bond acceptors (Lipinski definition) is 2. The molecule has 0 spiro atoms. The highest BCUT2D eigenvalue weighted by Gasteiger charge is 2.24. The van der Waals surface area contributed by atoms with Crippen LogP contribution in [0.3, 0.4) is 0 Å². The van der Waals surface area contributed by atoms with Crippen molar-refractivity contribution in [2.24, 2.45) is 0 Å². The lowest BCUT2D eigenvalue weighted by Crippen LogP contribution is -2.45. The first-order chi connectivity index (χ1) is 9.22. The van der Waals surface area contributed by atoms with Gasteiger partial charge in [-0.1, -0.05) is 19.8 Å². The Labute approximate surface area is 153 Å². The lowest BCUT2D eigenvalue weighted by molar-refractivity contribution is 0.160. The van der Waals surface area contributed by atoms with Gasteiger partial charge >= 0.3 is 0 Å². The van der Waals surface area contributed by atoms with Gasteiger partial charge < -0.3 is 5.32 Å². The van der Waals surface area contributed by atoms with Gasteiger partial charge in [0.25, 0.3) is 0 Å². The van der Waals surface area contributed by atoms with Crippen LogP contribution in [0.5, 0.6) is 0 Å². The molecule has 0 saturated carbocycles. The standard InChI is InChI=1S/C15H22FIN2.2ClH/c1-2-3-4-15(19-9-7-18-8-10-19)13-11-12(17)5-6-14(13)16;;/h5-6,11,15,18H,2-4,7-10H2,1H3;2*1H/t15-;;/m0../s1. The summed E-state index contributed by atoms with van der Waals surface area (Å²) in [5.74, 6) is -0.0555. The maximum Gasteiger partial charge on any atom is 0.128 e. The molecular formula is C15H24Cl2FIN2. The van der Waals surface area contributed by atoms with E-state index in [1.165, 1.54) is 0 Å². The van der Waals surface area contributed by atoms with Crippen LogP contribution in [0.25, 0.3) is 0 Å². The maximum atomic E-state index is 14.2. The van der Waals surface area contributed by atoms with Crippen molar-refractivity contribution in [3.8, 4) is 0 Å². The van der Waals surface area contributed by atoms with Crippen LogP contribution >= 0.6 is 47.4 Å². The van der Waals surface area contributed by atoms with Gasteiger partial charge in [0.1, 0.15) is 5.82 Å². The van der Waals surface area contributed by atoms with Gasteiger partial charge in [-0.2, -0.15) is 0 Å². The SMILES string of the molecule is CCCC[C@@H](c1cc(I)ccc1F)N1CCNCC1.Cl.Cl. The minimum absolute atomic E-state index is 0. The van der Waals surface area contributed by atoms with Crippen molar-refractivity contribution in [3.63, 3.8) is 0 Å². The van der Waals surface area contributed by atoms with Crippen LogP contribution in [0.1, 0.15) is 37.8 Å². The van der Waals surface area contributed by atoms with E-state index in [0.717, 1.165) is 54.6 Å². The Morgan fingerprint density at radius 1 is 1.29 bits per heavy atom. The van der Waals surface area contributed by atoms with E-state index in [9.17, 15) is 4.39 Å². The third-order valence-corrected chi connectivity index (χ3v) is 4.41. The summed E-state index contributed by atoms with van der Waals surface area (Å²) in [5, 5.41) is 3.37. The van der Waals surface area contributed by atoms with Crippen molar-refractivity contribution in [1.82, 2.24) is 10.2 Å². The molecule has 2 nitrogen and oxygen atoms in total. The minimum atomic E-state index is -0.0555. The summed E-state index contributed by atoms with van der Waals surface area (Å²) in [6, 6.07) is 5.70. The summed E-state index contributed by atoms with van der Waals surface area (Å²) in [5.41, 5.74) is 0.877. The second-order valence-electron chi connectivity index (χ2n) is 5.11. The normalized spacial score (nSPS) is 16.7. The number of rotatable bonds is 5. The van der Waals surface area contributed by atoms with Gasteiger partial charge in [0, 0.05) is 41.4 Å². The van der Waals surface area contributed by atoms with Gasteiger partial charge in [0.2, 0.25) is 0 Å². The summed E-state index contributed by atoms with van der Waals surface area (Å²) in [6.07, 6.45) is 3.36. The Balaban J connectivity index is 0.00000200. The second-order valence-corrected chi connectivity index (χ2v) is 6.36. The first kappa shape index (κ1) is 21.4. The van der Waals surface area contributed by atoms with Gasteiger partial charge in [-0.25, -0.2) is 4.39 Å².